The number of benzene rings is 3. The smallest absolute Gasteiger partial charge is 0.319 e. The van der Waals surface area contributed by atoms with Crippen molar-refractivity contribution in [2.24, 2.45) is 0 Å². The van der Waals surface area contributed by atoms with Gasteiger partial charge in [-0.25, -0.2) is 26.4 Å². The third kappa shape index (κ3) is 5.89. The summed E-state index contributed by atoms with van der Waals surface area (Å²) in [4.78, 5) is 26.2. The standard InChI is InChI=1S/C25H21ClF3N3O4S/c1-37(35,36)13-14-4-2-3-5-16(14)17-7-9-21(23(29)22(17)28)32-11-10-20(24(32)33)31-25(34)30-19-8-6-15(26)12-18(19)27/h2-9,12,20H,10-11,13H2,1H3,(H2,30,31,34)/t20-/m1/s1. The number of nitrogens with one attached hydrogen (secondary N) is 2. The molecule has 194 valence electrons. The monoisotopic (exact) mass is 551 g/mol. The number of sulfone groups is 1. The molecule has 1 aliphatic rings. The fraction of sp³-hybridized carbons (Fsp3) is 0.200. The van der Waals surface area contributed by atoms with E-state index in [1.54, 1.807) is 12.1 Å². The molecule has 1 aliphatic heterocycles. The van der Waals surface area contributed by atoms with Crippen LogP contribution in [-0.2, 0) is 20.4 Å². The van der Waals surface area contributed by atoms with Crippen LogP contribution in [-0.4, -0.2) is 39.2 Å². The summed E-state index contributed by atoms with van der Waals surface area (Å²) in [6, 6.07) is 10.4. The van der Waals surface area contributed by atoms with Gasteiger partial charge in [0.15, 0.2) is 21.5 Å². The quantitative estimate of drug-likeness (QED) is 0.456. The highest BCUT2D eigenvalue weighted by Crippen LogP contribution is 2.34. The van der Waals surface area contributed by atoms with Crippen LogP contribution in [0.5, 0.6) is 0 Å². The first-order valence-electron chi connectivity index (χ1n) is 11.0. The molecule has 3 aromatic rings. The Bertz CT molecular complexity index is 1500. The summed E-state index contributed by atoms with van der Waals surface area (Å²) in [5.41, 5.74) is -0.0921. The summed E-state index contributed by atoms with van der Waals surface area (Å²) >= 11 is 5.69. The third-order valence-corrected chi connectivity index (χ3v) is 6.84. The Morgan fingerprint density at radius 3 is 2.49 bits per heavy atom. The Balaban J connectivity index is 1.52. The lowest BCUT2D eigenvalue weighted by molar-refractivity contribution is -0.118. The molecule has 12 heteroatoms. The fourth-order valence-corrected chi connectivity index (χ4v) is 5.08. The predicted octanol–water partition coefficient (Wildman–Crippen LogP) is 4.90. The molecule has 0 spiro atoms. The molecule has 37 heavy (non-hydrogen) atoms. The molecule has 1 fully saturated rings. The molecule has 4 rings (SSSR count). The number of hydrogen-bond acceptors (Lipinski definition) is 4. The van der Waals surface area contributed by atoms with Gasteiger partial charge in [-0.2, -0.15) is 0 Å². The SMILES string of the molecule is CS(=O)(=O)Cc1ccccc1-c1ccc(N2CC[C@@H](NC(=O)Nc3ccc(Cl)cc3F)C2=O)c(F)c1F. The molecule has 2 N–H and O–H groups in total. The molecule has 1 heterocycles. The molecule has 3 amide bonds. The Morgan fingerprint density at radius 1 is 1.05 bits per heavy atom. The van der Waals surface area contributed by atoms with E-state index in [2.05, 4.69) is 10.6 Å². The first-order valence-corrected chi connectivity index (χ1v) is 13.5. The molecular formula is C25H21ClF3N3O4S. The number of hydrogen-bond donors (Lipinski definition) is 2. The first-order chi connectivity index (χ1) is 17.4. The molecule has 0 bridgehead atoms. The molecule has 0 radical (unpaired) electrons. The van der Waals surface area contributed by atoms with Crippen LogP contribution < -0.4 is 15.5 Å². The van der Waals surface area contributed by atoms with Crippen LogP contribution in [0.1, 0.15) is 12.0 Å². The van der Waals surface area contributed by atoms with E-state index in [1.165, 1.54) is 36.4 Å². The molecule has 0 unspecified atom stereocenters. The van der Waals surface area contributed by atoms with Gasteiger partial charge >= 0.3 is 6.03 Å². The van der Waals surface area contributed by atoms with E-state index in [1.807, 2.05) is 0 Å². The van der Waals surface area contributed by atoms with E-state index < -0.39 is 45.3 Å². The van der Waals surface area contributed by atoms with Gasteiger partial charge in [0.1, 0.15) is 11.9 Å². The minimum Gasteiger partial charge on any atom is -0.326 e. The van der Waals surface area contributed by atoms with Crippen molar-refractivity contribution in [2.75, 3.05) is 23.0 Å². The van der Waals surface area contributed by atoms with Crippen LogP contribution in [0.25, 0.3) is 11.1 Å². The molecule has 0 aromatic heterocycles. The highest BCUT2D eigenvalue weighted by Gasteiger charge is 2.36. The van der Waals surface area contributed by atoms with Gasteiger partial charge in [0.05, 0.1) is 17.1 Å². The van der Waals surface area contributed by atoms with Crippen molar-refractivity contribution in [1.82, 2.24) is 5.32 Å². The zero-order valence-electron chi connectivity index (χ0n) is 19.4. The first kappa shape index (κ1) is 26.5. The highest BCUT2D eigenvalue weighted by atomic mass is 35.5. The number of carbonyl (C=O) groups is 2. The van der Waals surface area contributed by atoms with Crippen molar-refractivity contribution in [3.8, 4) is 11.1 Å². The number of amides is 3. The van der Waals surface area contributed by atoms with Crippen molar-refractivity contribution >= 4 is 44.8 Å². The average Bonchev–Trinajstić information content (AvgIpc) is 3.17. The van der Waals surface area contributed by atoms with Gasteiger partial charge in [0.25, 0.3) is 0 Å². The number of anilines is 2. The number of halogens is 4. The summed E-state index contributed by atoms with van der Waals surface area (Å²) in [7, 11) is -3.44. The lowest BCUT2D eigenvalue weighted by Gasteiger charge is -2.20. The summed E-state index contributed by atoms with van der Waals surface area (Å²) < 4.78 is 67.8. The topological polar surface area (TPSA) is 95.6 Å². The lowest BCUT2D eigenvalue weighted by Crippen LogP contribution is -2.43. The molecule has 1 atom stereocenters. The Morgan fingerprint density at radius 2 is 1.78 bits per heavy atom. The summed E-state index contributed by atoms with van der Waals surface area (Å²) in [5, 5.41) is 4.82. The van der Waals surface area contributed by atoms with Crippen LogP contribution in [0.2, 0.25) is 5.02 Å². The summed E-state index contributed by atoms with van der Waals surface area (Å²) in [5.74, 6) is -4.31. The molecule has 0 saturated carbocycles. The normalized spacial score (nSPS) is 15.6. The van der Waals surface area contributed by atoms with E-state index in [0.717, 1.165) is 17.2 Å². The highest BCUT2D eigenvalue weighted by molar-refractivity contribution is 7.89. The molecule has 1 saturated heterocycles. The van der Waals surface area contributed by atoms with Crippen LogP contribution in [0, 0.1) is 17.5 Å². The van der Waals surface area contributed by atoms with Gasteiger partial charge in [-0.15, -0.1) is 0 Å². The average molecular weight is 552 g/mol. The molecule has 3 aromatic carbocycles. The van der Waals surface area contributed by atoms with Crippen LogP contribution in [0.3, 0.4) is 0 Å². The van der Waals surface area contributed by atoms with E-state index in [4.69, 9.17) is 11.6 Å². The maximum Gasteiger partial charge on any atom is 0.319 e. The van der Waals surface area contributed by atoms with E-state index in [-0.39, 0.29) is 46.2 Å². The van der Waals surface area contributed by atoms with Crippen molar-refractivity contribution in [2.45, 2.75) is 18.2 Å². The predicted molar refractivity (Wildman–Crippen MR) is 135 cm³/mol. The number of nitrogens with zero attached hydrogens (tertiary/aromatic N) is 1. The Kier molecular flexibility index (Phi) is 7.47. The largest absolute Gasteiger partial charge is 0.326 e. The van der Waals surface area contributed by atoms with E-state index in [9.17, 15) is 22.4 Å². The van der Waals surface area contributed by atoms with Gasteiger partial charge in [-0.1, -0.05) is 35.9 Å². The van der Waals surface area contributed by atoms with Gasteiger partial charge < -0.3 is 15.5 Å². The van der Waals surface area contributed by atoms with Crippen molar-refractivity contribution in [3.63, 3.8) is 0 Å². The van der Waals surface area contributed by atoms with Crippen LogP contribution in [0.15, 0.2) is 54.6 Å². The number of carbonyl (C=O) groups excluding carboxylic acids is 2. The maximum absolute atomic E-state index is 15.2. The molecule has 7 nitrogen and oxygen atoms in total. The maximum atomic E-state index is 15.2. The fourth-order valence-electron chi connectivity index (χ4n) is 4.11. The summed E-state index contributed by atoms with van der Waals surface area (Å²) in [6.07, 6.45) is 1.15. The minimum atomic E-state index is -3.44. The van der Waals surface area contributed by atoms with Crippen molar-refractivity contribution < 1.29 is 31.2 Å². The van der Waals surface area contributed by atoms with Crippen LogP contribution in [0.4, 0.5) is 29.3 Å². The number of rotatable bonds is 6. The van der Waals surface area contributed by atoms with Crippen LogP contribution >= 0.6 is 11.6 Å². The van der Waals surface area contributed by atoms with Gasteiger partial charge in [-0.3, -0.25) is 4.79 Å². The zero-order chi connectivity index (χ0) is 26.9. The minimum absolute atomic E-state index is 0.000538. The lowest BCUT2D eigenvalue weighted by atomic mass is 9.99. The second-order valence-corrected chi connectivity index (χ2v) is 11.1. The van der Waals surface area contributed by atoms with Gasteiger partial charge in [-0.05, 0) is 47.9 Å². The van der Waals surface area contributed by atoms with Crippen molar-refractivity contribution in [3.05, 3.63) is 82.6 Å². The summed E-state index contributed by atoms with van der Waals surface area (Å²) in [6.45, 7) is -0.000538. The second kappa shape index (κ2) is 10.4. The number of urea groups is 1. The van der Waals surface area contributed by atoms with Crippen molar-refractivity contribution in [1.29, 1.82) is 0 Å². The Labute approximate surface area is 216 Å². The molecule has 0 aliphatic carbocycles. The Hall–Kier alpha value is -3.57. The second-order valence-electron chi connectivity index (χ2n) is 8.54. The zero-order valence-corrected chi connectivity index (χ0v) is 21.0. The van der Waals surface area contributed by atoms with Gasteiger partial charge in [0.2, 0.25) is 5.91 Å². The molecular weight excluding hydrogens is 531 g/mol. The third-order valence-electron chi connectivity index (χ3n) is 5.77. The van der Waals surface area contributed by atoms with E-state index >= 15 is 8.78 Å². The van der Waals surface area contributed by atoms with E-state index in [0.29, 0.717) is 5.56 Å². The van der Waals surface area contributed by atoms with Gasteiger partial charge in [0, 0.05) is 23.4 Å².